The van der Waals surface area contributed by atoms with E-state index in [-0.39, 0.29) is 11.9 Å². The van der Waals surface area contributed by atoms with Crippen molar-refractivity contribution in [1.29, 1.82) is 0 Å². The van der Waals surface area contributed by atoms with Gasteiger partial charge in [0, 0.05) is 50.3 Å². The first kappa shape index (κ1) is 23.1. The van der Waals surface area contributed by atoms with Gasteiger partial charge in [0.25, 0.3) is 0 Å². The molecule has 2 heterocycles. The Hall–Kier alpha value is -3.09. The maximum atomic E-state index is 12.6. The van der Waals surface area contributed by atoms with Crippen molar-refractivity contribution in [2.24, 2.45) is 16.6 Å². The number of nitrogens with two attached hydrogens (primary N) is 1. The maximum Gasteiger partial charge on any atom is 0.222 e. The Morgan fingerprint density at radius 3 is 2.73 bits per heavy atom. The smallest absolute Gasteiger partial charge is 0.222 e. The number of amides is 1. The van der Waals surface area contributed by atoms with Crippen LogP contribution in [0.1, 0.15) is 63.5 Å². The summed E-state index contributed by atoms with van der Waals surface area (Å²) in [5.41, 5.74) is 8.96. The lowest BCUT2D eigenvalue weighted by molar-refractivity contribution is -0.132. The first-order valence-electron chi connectivity index (χ1n) is 12.1. The second kappa shape index (κ2) is 11.2. The van der Waals surface area contributed by atoms with Gasteiger partial charge in [-0.25, -0.2) is 4.98 Å². The number of hydrogen-bond donors (Lipinski definition) is 1. The third-order valence-corrected chi connectivity index (χ3v) is 6.75. The highest BCUT2D eigenvalue weighted by atomic mass is 16.2. The molecule has 2 N–H and O–H groups in total. The Labute approximate surface area is 195 Å². The van der Waals surface area contributed by atoms with Crippen LogP contribution in [0.2, 0.25) is 0 Å². The number of aromatic nitrogens is 2. The minimum absolute atomic E-state index is 0.172. The van der Waals surface area contributed by atoms with Crippen LogP contribution in [0.25, 0.3) is 16.6 Å². The molecule has 1 aliphatic heterocycles. The summed E-state index contributed by atoms with van der Waals surface area (Å²) in [5, 5.41) is 0. The SMILES string of the molecule is NC=C(C=NC1CCN(C(=O)CCCC2CCCC(=O)C2)CC1)c1cnc2ccccc2n1. The summed E-state index contributed by atoms with van der Waals surface area (Å²) in [6.45, 7) is 1.47. The fourth-order valence-corrected chi connectivity index (χ4v) is 4.80. The molecule has 0 bridgehead atoms. The summed E-state index contributed by atoms with van der Waals surface area (Å²) in [6.07, 6.45) is 12.8. The summed E-state index contributed by atoms with van der Waals surface area (Å²) in [6, 6.07) is 7.91. The molecule has 33 heavy (non-hydrogen) atoms. The van der Waals surface area contributed by atoms with E-state index in [0.29, 0.717) is 30.2 Å². The minimum atomic E-state index is 0.172. The Balaban J connectivity index is 1.23. The predicted octanol–water partition coefficient (Wildman–Crippen LogP) is 3.92. The highest BCUT2D eigenvalue weighted by Crippen LogP contribution is 2.26. The van der Waals surface area contributed by atoms with Crippen LogP contribution in [0.15, 0.2) is 41.7 Å². The summed E-state index contributed by atoms with van der Waals surface area (Å²) in [5.74, 6) is 1.10. The molecular formula is C26H33N5O2. The van der Waals surface area contributed by atoms with Crippen molar-refractivity contribution in [3.63, 3.8) is 0 Å². The Morgan fingerprint density at radius 2 is 1.97 bits per heavy atom. The molecule has 174 valence electrons. The molecule has 2 aromatic rings. The number of fused-ring (bicyclic) bond motifs is 1. The van der Waals surface area contributed by atoms with Gasteiger partial charge in [-0.3, -0.25) is 19.6 Å². The van der Waals surface area contributed by atoms with Gasteiger partial charge in [0.2, 0.25) is 5.91 Å². The number of likely N-dealkylation sites (tertiary alicyclic amines) is 1. The number of aliphatic imine (C=N–C) groups is 1. The van der Waals surface area contributed by atoms with Crippen molar-refractivity contribution in [3.8, 4) is 0 Å². The number of nitrogens with zero attached hydrogens (tertiary/aromatic N) is 4. The second-order valence-electron chi connectivity index (χ2n) is 9.15. The number of rotatable bonds is 7. The van der Waals surface area contributed by atoms with Crippen LogP contribution in [0, 0.1) is 5.92 Å². The van der Waals surface area contributed by atoms with Gasteiger partial charge in [0.05, 0.1) is 29.0 Å². The summed E-state index contributed by atoms with van der Waals surface area (Å²) >= 11 is 0. The van der Waals surface area contributed by atoms with Crippen LogP contribution in [-0.4, -0.2) is 51.9 Å². The molecule has 1 aromatic heterocycles. The highest BCUT2D eigenvalue weighted by molar-refractivity contribution is 6.09. The number of Topliss-reactive ketones (excluding diaryl/α,β-unsaturated/α-hetero) is 1. The van der Waals surface area contributed by atoms with Crippen LogP contribution in [0.3, 0.4) is 0 Å². The van der Waals surface area contributed by atoms with Crippen LogP contribution in [0.4, 0.5) is 0 Å². The Kier molecular flexibility index (Phi) is 7.81. The maximum absolute atomic E-state index is 12.6. The van der Waals surface area contributed by atoms with Crippen molar-refractivity contribution >= 4 is 34.5 Å². The van der Waals surface area contributed by atoms with Gasteiger partial charge in [0.1, 0.15) is 5.78 Å². The lowest BCUT2D eigenvalue weighted by Crippen LogP contribution is -2.39. The number of benzene rings is 1. The highest BCUT2D eigenvalue weighted by Gasteiger charge is 2.23. The number of piperidine rings is 1. The molecule has 0 spiro atoms. The molecule has 0 radical (unpaired) electrons. The molecule has 2 fully saturated rings. The number of hydrogen-bond acceptors (Lipinski definition) is 6. The number of carbonyl (C=O) groups is 2. The van der Waals surface area contributed by atoms with Crippen molar-refractivity contribution in [1.82, 2.24) is 14.9 Å². The monoisotopic (exact) mass is 447 g/mol. The Morgan fingerprint density at radius 1 is 1.18 bits per heavy atom. The molecule has 1 saturated heterocycles. The van der Waals surface area contributed by atoms with E-state index in [2.05, 4.69) is 9.97 Å². The van der Waals surface area contributed by atoms with Crippen LogP contribution in [-0.2, 0) is 9.59 Å². The number of ketones is 1. The molecule has 7 heteroatoms. The van der Waals surface area contributed by atoms with Crippen molar-refractivity contribution in [3.05, 3.63) is 42.4 Å². The summed E-state index contributed by atoms with van der Waals surface area (Å²) < 4.78 is 0. The molecule has 7 nitrogen and oxygen atoms in total. The number of carbonyl (C=O) groups excluding carboxylic acids is 2. The van der Waals surface area contributed by atoms with Crippen molar-refractivity contribution in [2.75, 3.05) is 13.1 Å². The zero-order valence-electron chi connectivity index (χ0n) is 19.2. The van der Waals surface area contributed by atoms with Gasteiger partial charge < -0.3 is 10.6 Å². The second-order valence-corrected chi connectivity index (χ2v) is 9.15. The van der Waals surface area contributed by atoms with Gasteiger partial charge >= 0.3 is 0 Å². The van der Waals surface area contributed by atoms with E-state index < -0.39 is 0 Å². The molecule has 2 aliphatic rings. The molecule has 1 atom stereocenters. The summed E-state index contributed by atoms with van der Waals surface area (Å²) in [4.78, 5) is 40.0. The fraction of sp³-hybridized carbons (Fsp3) is 0.500. The number of para-hydroxylation sites is 2. The predicted molar refractivity (Wildman–Crippen MR) is 131 cm³/mol. The lowest BCUT2D eigenvalue weighted by atomic mass is 9.85. The van der Waals surface area contributed by atoms with Gasteiger partial charge in [-0.15, -0.1) is 0 Å². The number of allylic oxidation sites excluding steroid dienone is 1. The first-order valence-corrected chi connectivity index (χ1v) is 12.1. The van der Waals surface area contributed by atoms with E-state index in [9.17, 15) is 9.59 Å². The minimum Gasteiger partial charge on any atom is -0.404 e. The lowest BCUT2D eigenvalue weighted by Gasteiger charge is -2.30. The molecule has 1 unspecified atom stereocenters. The van der Waals surface area contributed by atoms with Gasteiger partial charge in [-0.2, -0.15) is 0 Å². The van der Waals surface area contributed by atoms with Gasteiger partial charge in [0.15, 0.2) is 0 Å². The third-order valence-electron chi connectivity index (χ3n) is 6.75. The average molecular weight is 448 g/mol. The first-order chi connectivity index (χ1) is 16.1. The van der Waals surface area contributed by atoms with Crippen LogP contribution < -0.4 is 5.73 Å². The van der Waals surface area contributed by atoms with E-state index in [1.165, 1.54) is 6.20 Å². The average Bonchev–Trinajstić information content (AvgIpc) is 2.84. The van der Waals surface area contributed by atoms with E-state index in [0.717, 1.165) is 74.6 Å². The topological polar surface area (TPSA) is 102 Å². The molecular weight excluding hydrogens is 414 g/mol. The van der Waals surface area contributed by atoms with Gasteiger partial charge in [-0.05, 0) is 56.6 Å². The van der Waals surface area contributed by atoms with E-state index in [4.69, 9.17) is 10.7 Å². The molecule has 1 aliphatic carbocycles. The van der Waals surface area contributed by atoms with Crippen molar-refractivity contribution < 1.29 is 9.59 Å². The zero-order valence-corrected chi connectivity index (χ0v) is 19.2. The van der Waals surface area contributed by atoms with E-state index in [1.807, 2.05) is 29.2 Å². The molecule has 1 amide bonds. The Bertz CT molecular complexity index is 1040. The van der Waals surface area contributed by atoms with E-state index in [1.54, 1.807) is 12.4 Å². The fourth-order valence-electron chi connectivity index (χ4n) is 4.80. The standard InChI is InChI=1S/C26H33N5O2/c27-16-20(25-18-29-23-8-1-2-9-24(23)30-25)17-28-21-11-13-31(14-12-21)26(33)10-4-6-19-5-3-7-22(32)15-19/h1-2,8-9,16-19,21H,3-7,10-15,27H2. The third kappa shape index (κ3) is 6.24. The molecule has 4 rings (SSSR count). The van der Waals surface area contributed by atoms with Crippen molar-refractivity contribution in [2.45, 2.75) is 63.8 Å². The zero-order chi connectivity index (χ0) is 23.0. The normalized spacial score (nSPS) is 20.6. The summed E-state index contributed by atoms with van der Waals surface area (Å²) in [7, 11) is 0. The van der Waals surface area contributed by atoms with Crippen LogP contribution >= 0.6 is 0 Å². The largest absolute Gasteiger partial charge is 0.404 e. The van der Waals surface area contributed by atoms with E-state index >= 15 is 0 Å². The molecule has 1 saturated carbocycles. The molecule has 1 aromatic carbocycles. The van der Waals surface area contributed by atoms with Gasteiger partial charge in [-0.1, -0.05) is 12.1 Å². The van der Waals surface area contributed by atoms with Crippen LogP contribution in [0.5, 0.6) is 0 Å². The quantitative estimate of drug-likeness (QED) is 0.648.